The van der Waals surface area contributed by atoms with Crippen molar-refractivity contribution in [2.45, 2.75) is 30.9 Å². The lowest BCUT2D eigenvalue weighted by atomic mass is 10.1. The van der Waals surface area contributed by atoms with Gasteiger partial charge in [-0.05, 0) is 56.3 Å². The average Bonchev–Trinajstić information content (AvgIpc) is 3.17. The Morgan fingerprint density at radius 2 is 1.96 bits per heavy atom. The Bertz CT molecular complexity index is 959. The molecular formula is C20H19FN2O4S. The maximum absolute atomic E-state index is 13.0. The Hall–Kier alpha value is -2.87. The first-order chi connectivity index (χ1) is 13.5. The molecule has 0 saturated heterocycles. The highest BCUT2D eigenvalue weighted by Gasteiger charge is 2.17. The van der Waals surface area contributed by atoms with Crippen molar-refractivity contribution >= 4 is 17.5 Å². The fourth-order valence-corrected chi connectivity index (χ4v) is 3.21. The number of nitrogens with zero attached hydrogens (tertiary/aromatic N) is 2. The van der Waals surface area contributed by atoms with Gasteiger partial charge in [-0.3, -0.25) is 4.79 Å². The highest BCUT2D eigenvalue weighted by molar-refractivity contribution is 7.98. The summed E-state index contributed by atoms with van der Waals surface area (Å²) in [5, 5.41) is 8.40. The van der Waals surface area contributed by atoms with E-state index in [-0.39, 0.29) is 11.6 Å². The molecule has 146 valence electrons. The second-order valence-corrected chi connectivity index (χ2v) is 6.92. The van der Waals surface area contributed by atoms with Gasteiger partial charge in [-0.1, -0.05) is 11.8 Å². The smallest absolute Gasteiger partial charge is 0.277 e. The maximum atomic E-state index is 13.0. The van der Waals surface area contributed by atoms with Gasteiger partial charge in [-0.15, -0.1) is 10.2 Å². The van der Waals surface area contributed by atoms with Crippen molar-refractivity contribution in [2.75, 3.05) is 7.11 Å². The van der Waals surface area contributed by atoms with Gasteiger partial charge < -0.3 is 13.9 Å². The summed E-state index contributed by atoms with van der Waals surface area (Å²) in [6.45, 7) is 3.29. The largest absolute Gasteiger partial charge is 0.496 e. The highest BCUT2D eigenvalue weighted by atomic mass is 32.2. The van der Waals surface area contributed by atoms with Crippen LogP contribution < -0.4 is 9.47 Å². The number of carbonyl (C=O) groups excluding carboxylic acids is 1. The van der Waals surface area contributed by atoms with Gasteiger partial charge >= 0.3 is 0 Å². The molecule has 1 atom stereocenters. The molecule has 0 radical (unpaired) electrons. The third-order valence-electron chi connectivity index (χ3n) is 3.93. The van der Waals surface area contributed by atoms with Gasteiger partial charge in [0.15, 0.2) is 11.9 Å². The number of aromatic nitrogens is 2. The normalized spacial score (nSPS) is 11.9. The van der Waals surface area contributed by atoms with Gasteiger partial charge in [0.2, 0.25) is 0 Å². The predicted octanol–water partition coefficient (Wildman–Crippen LogP) is 4.85. The van der Waals surface area contributed by atoms with Gasteiger partial charge in [0.1, 0.15) is 17.3 Å². The topological polar surface area (TPSA) is 74.5 Å². The number of thioether (sulfide) groups is 1. The van der Waals surface area contributed by atoms with Crippen LogP contribution in [0.5, 0.6) is 11.5 Å². The Kier molecular flexibility index (Phi) is 6.30. The van der Waals surface area contributed by atoms with Crippen LogP contribution in [0.4, 0.5) is 4.39 Å². The Balaban J connectivity index is 1.65. The van der Waals surface area contributed by atoms with Crippen molar-refractivity contribution in [3.63, 3.8) is 0 Å². The molecule has 0 fully saturated rings. The third kappa shape index (κ3) is 4.89. The Morgan fingerprint density at radius 1 is 1.21 bits per heavy atom. The maximum Gasteiger partial charge on any atom is 0.277 e. The number of rotatable bonds is 8. The average molecular weight is 402 g/mol. The molecule has 0 saturated carbocycles. The highest BCUT2D eigenvalue weighted by Crippen LogP contribution is 2.30. The summed E-state index contributed by atoms with van der Waals surface area (Å²) in [5.41, 5.74) is 1.47. The van der Waals surface area contributed by atoms with Crippen LogP contribution in [0.25, 0.3) is 0 Å². The molecule has 0 amide bonds. The van der Waals surface area contributed by atoms with E-state index in [2.05, 4.69) is 10.2 Å². The molecule has 1 aromatic heterocycles. The Labute approximate surface area is 166 Å². The number of methoxy groups -OCH3 is 1. The predicted molar refractivity (Wildman–Crippen MR) is 102 cm³/mol. The van der Waals surface area contributed by atoms with Gasteiger partial charge in [-0.2, -0.15) is 0 Å². The minimum atomic E-state index is -0.483. The van der Waals surface area contributed by atoms with Crippen LogP contribution >= 0.6 is 11.8 Å². The molecule has 0 spiro atoms. The molecule has 6 nitrogen and oxygen atoms in total. The fraction of sp³-hybridized carbons (Fsp3) is 0.250. The van der Waals surface area contributed by atoms with Crippen LogP contribution in [0.15, 0.2) is 52.1 Å². The number of Topliss-reactive ketones (excluding diaryl/α,β-unsaturated/α-hetero) is 1. The third-order valence-corrected chi connectivity index (χ3v) is 4.80. The van der Waals surface area contributed by atoms with E-state index in [0.29, 0.717) is 33.9 Å². The lowest BCUT2D eigenvalue weighted by molar-refractivity contribution is 0.101. The van der Waals surface area contributed by atoms with E-state index >= 15 is 0 Å². The zero-order valence-corrected chi connectivity index (χ0v) is 16.5. The van der Waals surface area contributed by atoms with Crippen LogP contribution in [0, 0.1) is 5.82 Å². The summed E-state index contributed by atoms with van der Waals surface area (Å²) in [6, 6.07) is 11.0. The molecule has 8 heteroatoms. The summed E-state index contributed by atoms with van der Waals surface area (Å²) < 4.78 is 29.6. The molecule has 0 unspecified atom stereocenters. The summed E-state index contributed by atoms with van der Waals surface area (Å²) >= 11 is 1.33. The molecule has 2 aromatic carbocycles. The van der Waals surface area contributed by atoms with Gasteiger partial charge in [-0.25, -0.2) is 4.39 Å². The fourth-order valence-electron chi connectivity index (χ4n) is 2.46. The van der Waals surface area contributed by atoms with E-state index in [0.717, 1.165) is 5.56 Å². The zero-order chi connectivity index (χ0) is 20.1. The lowest BCUT2D eigenvalue weighted by Crippen LogP contribution is -2.03. The number of carbonyl (C=O) groups is 1. The van der Waals surface area contributed by atoms with Crippen LogP contribution in [-0.4, -0.2) is 23.1 Å². The Morgan fingerprint density at radius 3 is 2.64 bits per heavy atom. The zero-order valence-electron chi connectivity index (χ0n) is 15.6. The standard InChI is InChI=1S/C20H19FN2O4S/c1-12(24)14-4-9-18(25-3)15(10-14)11-28-20-23-22-19(27-20)13(2)26-17-7-5-16(21)6-8-17/h4-10,13H,11H2,1-3H3/t13-/m1/s1. The van der Waals surface area contributed by atoms with E-state index in [4.69, 9.17) is 13.9 Å². The van der Waals surface area contributed by atoms with E-state index in [1.54, 1.807) is 32.2 Å². The molecule has 0 aliphatic heterocycles. The number of benzene rings is 2. The molecule has 0 aliphatic rings. The molecule has 1 heterocycles. The monoisotopic (exact) mass is 402 g/mol. The second-order valence-electron chi connectivity index (χ2n) is 5.99. The molecule has 3 rings (SSSR count). The van der Waals surface area contributed by atoms with Crippen molar-refractivity contribution in [1.29, 1.82) is 0 Å². The van der Waals surface area contributed by atoms with E-state index < -0.39 is 6.10 Å². The number of ketones is 1. The molecule has 3 aromatic rings. The van der Waals surface area contributed by atoms with Crippen LogP contribution in [0.3, 0.4) is 0 Å². The van der Waals surface area contributed by atoms with Crippen LogP contribution in [0.1, 0.15) is 41.8 Å². The van der Waals surface area contributed by atoms with Gasteiger partial charge in [0.25, 0.3) is 11.1 Å². The van der Waals surface area contributed by atoms with E-state index in [1.807, 2.05) is 0 Å². The SMILES string of the molecule is COc1ccc(C(C)=O)cc1CSc1nnc([C@@H](C)Oc2ccc(F)cc2)o1. The molecular weight excluding hydrogens is 383 g/mol. The lowest BCUT2D eigenvalue weighted by Gasteiger charge is -2.10. The minimum absolute atomic E-state index is 0.0132. The number of ether oxygens (including phenoxy) is 2. The van der Waals surface area contributed by atoms with Crippen molar-refractivity contribution in [1.82, 2.24) is 10.2 Å². The van der Waals surface area contributed by atoms with Crippen molar-refractivity contribution < 1.29 is 23.1 Å². The van der Waals surface area contributed by atoms with Gasteiger partial charge in [0.05, 0.1) is 7.11 Å². The molecule has 0 N–H and O–H groups in total. The van der Waals surface area contributed by atoms with Crippen molar-refractivity contribution in [2.24, 2.45) is 0 Å². The first-order valence-electron chi connectivity index (χ1n) is 8.52. The minimum Gasteiger partial charge on any atom is -0.496 e. The van der Waals surface area contributed by atoms with Crippen LogP contribution in [-0.2, 0) is 5.75 Å². The molecule has 0 bridgehead atoms. The number of hydrogen-bond donors (Lipinski definition) is 0. The molecule has 0 aliphatic carbocycles. The van der Waals surface area contributed by atoms with Gasteiger partial charge in [0, 0.05) is 16.9 Å². The van der Waals surface area contributed by atoms with Crippen molar-refractivity contribution in [3.05, 3.63) is 65.3 Å². The number of halogens is 1. The summed E-state index contributed by atoms with van der Waals surface area (Å²) in [7, 11) is 1.58. The summed E-state index contributed by atoms with van der Waals surface area (Å²) in [5.74, 6) is 1.66. The van der Waals surface area contributed by atoms with E-state index in [9.17, 15) is 9.18 Å². The quantitative estimate of drug-likeness (QED) is 0.394. The van der Waals surface area contributed by atoms with Crippen molar-refractivity contribution in [3.8, 4) is 11.5 Å². The van der Waals surface area contributed by atoms with E-state index in [1.165, 1.54) is 43.0 Å². The number of hydrogen-bond acceptors (Lipinski definition) is 7. The first-order valence-corrected chi connectivity index (χ1v) is 9.51. The summed E-state index contributed by atoms with van der Waals surface area (Å²) in [4.78, 5) is 11.6. The van der Waals surface area contributed by atoms with Crippen LogP contribution in [0.2, 0.25) is 0 Å². The second kappa shape index (κ2) is 8.88. The first kappa shape index (κ1) is 19.9. The summed E-state index contributed by atoms with van der Waals surface area (Å²) in [6.07, 6.45) is -0.483. The molecule has 28 heavy (non-hydrogen) atoms.